The molecule has 4 heteroatoms. The van der Waals surface area contributed by atoms with Gasteiger partial charge in [0.2, 0.25) is 0 Å². The lowest BCUT2D eigenvalue weighted by molar-refractivity contribution is -0.0733. The molecule has 1 aliphatic rings. The molecule has 2 atom stereocenters. The zero-order valence-electron chi connectivity index (χ0n) is 4.95. The van der Waals surface area contributed by atoms with E-state index in [-0.39, 0.29) is 6.61 Å². The molecule has 4 N–H and O–H groups in total. The van der Waals surface area contributed by atoms with Crippen LogP contribution in [0.15, 0.2) is 0 Å². The van der Waals surface area contributed by atoms with Gasteiger partial charge in [-0.3, -0.25) is 5.73 Å². The van der Waals surface area contributed by atoms with Gasteiger partial charge in [0.05, 0.1) is 13.2 Å². The van der Waals surface area contributed by atoms with Crippen LogP contribution < -0.4 is 5.73 Å². The van der Waals surface area contributed by atoms with Crippen molar-refractivity contribution in [1.29, 1.82) is 0 Å². The third kappa shape index (κ3) is 1.07. The molecule has 1 heterocycles. The summed E-state index contributed by atoms with van der Waals surface area (Å²) in [6.45, 7) is 1.05. The first-order valence-electron chi connectivity index (χ1n) is 2.76. The van der Waals surface area contributed by atoms with E-state index in [2.05, 4.69) is 0 Å². The lowest BCUT2D eigenvalue weighted by Gasteiger charge is -2.23. The van der Waals surface area contributed by atoms with Gasteiger partial charge in [0, 0.05) is 6.42 Å². The van der Waals surface area contributed by atoms with Crippen LogP contribution in [0.1, 0.15) is 6.42 Å². The fraction of sp³-hybridized carbons (Fsp3) is 0.800. The second kappa shape index (κ2) is 2.22. The Labute approximate surface area is 53.2 Å². The Kier molecular flexibility index (Phi) is 1.72. The molecule has 1 rings (SSSR count). The van der Waals surface area contributed by atoms with Crippen LogP contribution in [0.5, 0.6) is 0 Å². The lowest BCUT2D eigenvalue weighted by atomic mass is 10.1. The van der Waals surface area contributed by atoms with Crippen molar-refractivity contribution in [3.05, 3.63) is 6.61 Å². The van der Waals surface area contributed by atoms with Gasteiger partial charge in [-0.25, -0.2) is 0 Å². The van der Waals surface area contributed by atoms with Crippen molar-refractivity contribution < 1.29 is 14.9 Å². The second-order valence-electron chi connectivity index (χ2n) is 2.15. The average molecular weight is 132 g/mol. The van der Waals surface area contributed by atoms with E-state index in [0.29, 0.717) is 6.42 Å². The van der Waals surface area contributed by atoms with Crippen molar-refractivity contribution in [3.8, 4) is 0 Å². The number of nitrogens with two attached hydrogens (primary N) is 1. The van der Waals surface area contributed by atoms with Crippen LogP contribution in [0, 0.1) is 6.61 Å². The average Bonchev–Trinajstić information content (AvgIpc) is 2.15. The minimum Gasteiger partial charge on any atom is -0.392 e. The van der Waals surface area contributed by atoms with E-state index in [1.54, 1.807) is 0 Å². The highest BCUT2D eigenvalue weighted by Gasteiger charge is 2.39. The zero-order valence-corrected chi connectivity index (χ0v) is 4.95. The summed E-state index contributed by atoms with van der Waals surface area (Å²) in [6.07, 6.45) is -0.389. The predicted molar refractivity (Wildman–Crippen MR) is 30.0 cm³/mol. The van der Waals surface area contributed by atoms with Crippen LogP contribution >= 0.6 is 0 Å². The highest BCUT2D eigenvalue weighted by atomic mass is 16.5. The minimum absolute atomic E-state index is 0.356. The molecule has 53 valence electrons. The van der Waals surface area contributed by atoms with Crippen LogP contribution in [-0.2, 0) is 4.74 Å². The molecule has 0 unspecified atom stereocenters. The molecule has 0 amide bonds. The van der Waals surface area contributed by atoms with E-state index in [0.717, 1.165) is 0 Å². The molecular weight excluding hydrogens is 122 g/mol. The third-order valence-electron chi connectivity index (χ3n) is 1.43. The Bertz CT molecular complexity index is 108. The van der Waals surface area contributed by atoms with Crippen LogP contribution in [0.4, 0.5) is 0 Å². The van der Waals surface area contributed by atoms with Gasteiger partial charge < -0.3 is 14.9 Å². The molecule has 0 aromatic heterocycles. The zero-order chi connectivity index (χ0) is 6.91. The topological polar surface area (TPSA) is 75.7 Å². The smallest absolute Gasteiger partial charge is 0.166 e. The number of ether oxygens (including phenoxy) is 1. The maximum Gasteiger partial charge on any atom is 0.166 e. The van der Waals surface area contributed by atoms with Crippen LogP contribution in [0.3, 0.4) is 0 Å². The SMILES string of the molecule is N[C@]1(CO)O[CH]C[C@@H]1O. The summed E-state index contributed by atoms with van der Waals surface area (Å²) in [5.41, 5.74) is 4.10. The van der Waals surface area contributed by atoms with Crippen molar-refractivity contribution in [1.82, 2.24) is 0 Å². The Morgan fingerprint density at radius 1 is 1.89 bits per heavy atom. The Morgan fingerprint density at radius 3 is 2.78 bits per heavy atom. The number of hydrogen-bond donors (Lipinski definition) is 3. The van der Waals surface area contributed by atoms with Crippen molar-refractivity contribution >= 4 is 0 Å². The Hall–Kier alpha value is -0.160. The normalized spacial score (nSPS) is 43.7. The highest BCUT2D eigenvalue weighted by molar-refractivity contribution is 4.90. The van der Waals surface area contributed by atoms with Crippen molar-refractivity contribution in [2.75, 3.05) is 6.61 Å². The van der Waals surface area contributed by atoms with Gasteiger partial charge in [0.15, 0.2) is 5.72 Å². The van der Waals surface area contributed by atoms with Crippen molar-refractivity contribution in [3.63, 3.8) is 0 Å². The molecule has 0 aromatic rings. The maximum atomic E-state index is 9.01. The van der Waals surface area contributed by atoms with Crippen LogP contribution in [0.2, 0.25) is 0 Å². The van der Waals surface area contributed by atoms with Gasteiger partial charge in [0.1, 0.15) is 6.10 Å². The fourth-order valence-electron chi connectivity index (χ4n) is 0.715. The molecule has 0 aromatic carbocycles. The molecule has 1 saturated heterocycles. The summed E-state index contributed by atoms with van der Waals surface area (Å²) in [7, 11) is 0. The standard InChI is InChI=1S/C5H10NO3/c6-5(3-7)4(8)1-2-9-5/h2,4,7-8H,1,3,6H2/t4-,5+/m0/s1. The Morgan fingerprint density at radius 2 is 2.56 bits per heavy atom. The number of hydrogen-bond acceptors (Lipinski definition) is 4. The van der Waals surface area contributed by atoms with E-state index in [1.165, 1.54) is 6.61 Å². The summed E-state index contributed by atoms with van der Waals surface area (Å²) in [5, 5.41) is 17.6. The first-order valence-corrected chi connectivity index (χ1v) is 2.76. The van der Waals surface area contributed by atoms with Crippen LogP contribution in [0.25, 0.3) is 0 Å². The third-order valence-corrected chi connectivity index (χ3v) is 1.43. The molecule has 4 nitrogen and oxygen atoms in total. The highest BCUT2D eigenvalue weighted by Crippen LogP contribution is 2.22. The minimum atomic E-state index is -1.25. The molecule has 9 heavy (non-hydrogen) atoms. The molecule has 0 bridgehead atoms. The van der Waals surface area contributed by atoms with Crippen molar-refractivity contribution in [2.24, 2.45) is 5.73 Å². The molecule has 1 radical (unpaired) electrons. The van der Waals surface area contributed by atoms with Crippen LogP contribution in [-0.4, -0.2) is 28.6 Å². The molecule has 1 fully saturated rings. The molecule has 0 saturated carbocycles. The Balaban J connectivity index is 2.56. The number of rotatable bonds is 1. The van der Waals surface area contributed by atoms with E-state index in [4.69, 9.17) is 20.7 Å². The molecule has 0 aliphatic carbocycles. The van der Waals surface area contributed by atoms with Gasteiger partial charge in [-0.1, -0.05) is 0 Å². The molecule has 1 aliphatic heterocycles. The van der Waals surface area contributed by atoms with Gasteiger partial charge in [-0.05, 0) is 0 Å². The summed E-state index contributed by atoms with van der Waals surface area (Å²) in [4.78, 5) is 0. The van der Waals surface area contributed by atoms with Gasteiger partial charge in [0.25, 0.3) is 0 Å². The van der Waals surface area contributed by atoms with Crippen molar-refractivity contribution in [2.45, 2.75) is 18.2 Å². The van der Waals surface area contributed by atoms with E-state index in [9.17, 15) is 0 Å². The lowest BCUT2D eigenvalue weighted by Crippen LogP contribution is -2.51. The first-order chi connectivity index (χ1) is 4.19. The largest absolute Gasteiger partial charge is 0.392 e. The van der Waals surface area contributed by atoms with Gasteiger partial charge in [-0.15, -0.1) is 0 Å². The van der Waals surface area contributed by atoms with Gasteiger partial charge >= 0.3 is 0 Å². The summed E-state index contributed by atoms with van der Waals surface area (Å²) >= 11 is 0. The summed E-state index contributed by atoms with van der Waals surface area (Å²) in [6, 6.07) is 0. The fourth-order valence-corrected chi connectivity index (χ4v) is 0.715. The predicted octanol–water partition coefficient (Wildman–Crippen LogP) is -1.42. The van der Waals surface area contributed by atoms with E-state index >= 15 is 0 Å². The van der Waals surface area contributed by atoms with Gasteiger partial charge in [-0.2, -0.15) is 0 Å². The maximum absolute atomic E-state index is 9.01. The molecular formula is C5H10NO3. The van der Waals surface area contributed by atoms with E-state index < -0.39 is 11.8 Å². The summed E-state index contributed by atoms with van der Waals surface area (Å²) in [5.74, 6) is 0. The summed E-state index contributed by atoms with van der Waals surface area (Å²) < 4.78 is 4.75. The first kappa shape index (κ1) is 6.95. The molecule has 0 spiro atoms. The quantitative estimate of drug-likeness (QED) is 0.409. The number of aliphatic hydroxyl groups excluding tert-OH is 2. The van der Waals surface area contributed by atoms with E-state index in [1.807, 2.05) is 0 Å². The number of aliphatic hydroxyl groups is 2. The monoisotopic (exact) mass is 132 g/mol. The second-order valence-corrected chi connectivity index (χ2v) is 2.15.